The fourth-order valence-electron chi connectivity index (χ4n) is 1.61. The number of nitrogens with zero attached hydrogens (tertiary/aromatic N) is 3. The van der Waals surface area contributed by atoms with E-state index in [1.807, 2.05) is 0 Å². The van der Waals surface area contributed by atoms with Gasteiger partial charge in [-0.3, -0.25) is 14.3 Å². The Hall–Kier alpha value is -1.89. The molecular weight excluding hydrogens is 212 g/mol. The Kier molecular flexibility index (Phi) is 2.39. The minimum atomic E-state index is -0.589. The van der Waals surface area contributed by atoms with Crippen LogP contribution in [0.2, 0.25) is 0 Å². The molecule has 0 spiro atoms. The standard InChI is InChI=1S/C9H12N4O3/c1-5(14)3-13-4-10-7-6(13)8(15)11-9(16)12(7)2/h4-5,14H,3H2,1-2H3,(H,11,15,16)/t5-/m0/s1. The zero-order chi connectivity index (χ0) is 11.9. The van der Waals surface area contributed by atoms with Crippen LogP contribution in [0.1, 0.15) is 6.92 Å². The van der Waals surface area contributed by atoms with E-state index < -0.39 is 17.4 Å². The maximum atomic E-state index is 11.6. The number of fused-ring (bicyclic) bond motifs is 1. The Balaban J connectivity index is 2.78. The quantitative estimate of drug-likeness (QED) is 0.670. The lowest BCUT2D eigenvalue weighted by Gasteiger charge is -2.05. The first-order chi connectivity index (χ1) is 7.50. The van der Waals surface area contributed by atoms with Crippen molar-refractivity contribution in [3.05, 3.63) is 27.2 Å². The third-order valence-corrected chi connectivity index (χ3v) is 2.34. The van der Waals surface area contributed by atoms with E-state index in [4.69, 9.17) is 0 Å². The molecule has 0 saturated heterocycles. The van der Waals surface area contributed by atoms with Crippen LogP contribution in [-0.2, 0) is 13.6 Å². The Bertz CT molecular complexity index is 634. The molecule has 0 radical (unpaired) electrons. The van der Waals surface area contributed by atoms with Crippen LogP contribution >= 0.6 is 0 Å². The normalized spacial score (nSPS) is 13.2. The van der Waals surface area contributed by atoms with Crippen molar-refractivity contribution in [1.29, 1.82) is 0 Å². The number of aryl methyl sites for hydroxylation is 1. The van der Waals surface area contributed by atoms with Crippen LogP contribution in [0.5, 0.6) is 0 Å². The van der Waals surface area contributed by atoms with Gasteiger partial charge in [0.05, 0.1) is 19.0 Å². The monoisotopic (exact) mass is 224 g/mol. The van der Waals surface area contributed by atoms with Crippen molar-refractivity contribution in [2.75, 3.05) is 0 Å². The topological polar surface area (TPSA) is 92.9 Å². The summed E-state index contributed by atoms with van der Waals surface area (Å²) in [6.45, 7) is 1.87. The molecular formula is C9H12N4O3. The molecule has 1 atom stereocenters. The number of rotatable bonds is 2. The van der Waals surface area contributed by atoms with Crippen molar-refractivity contribution in [1.82, 2.24) is 19.1 Å². The molecule has 0 saturated carbocycles. The van der Waals surface area contributed by atoms with Crippen LogP contribution < -0.4 is 11.2 Å². The molecule has 0 aliphatic carbocycles. The average Bonchev–Trinajstić information content (AvgIpc) is 2.58. The molecule has 7 heteroatoms. The summed E-state index contributed by atoms with van der Waals surface area (Å²) in [5, 5.41) is 9.27. The highest BCUT2D eigenvalue weighted by Crippen LogP contribution is 2.05. The minimum absolute atomic E-state index is 0.262. The minimum Gasteiger partial charge on any atom is -0.392 e. The van der Waals surface area contributed by atoms with Gasteiger partial charge in [0.1, 0.15) is 0 Å². The first kappa shape index (κ1) is 10.6. The molecule has 0 bridgehead atoms. The van der Waals surface area contributed by atoms with Crippen molar-refractivity contribution >= 4 is 11.2 Å². The van der Waals surface area contributed by atoms with Gasteiger partial charge in [-0.15, -0.1) is 0 Å². The molecule has 0 unspecified atom stereocenters. The molecule has 2 rings (SSSR count). The number of H-pyrrole nitrogens is 1. The molecule has 0 fully saturated rings. The lowest BCUT2D eigenvalue weighted by atomic mass is 10.4. The largest absolute Gasteiger partial charge is 0.392 e. The molecule has 0 aliphatic heterocycles. The summed E-state index contributed by atoms with van der Waals surface area (Å²) in [7, 11) is 1.53. The fourth-order valence-corrected chi connectivity index (χ4v) is 1.61. The molecule has 2 heterocycles. The zero-order valence-corrected chi connectivity index (χ0v) is 8.97. The van der Waals surface area contributed by atoms with Gasteiger partial charge in [-0.05, 0) is 6.92 Å². The molecule has 2 N–H and O–H groups in total. The van der Waals surface area contributed by atoms with Crippen LogP contribution in [0.3, 0.4) is 0 Å². The Morgan fingerprint density at radius 1 is 1.56 bits per heavy atom. The van der Waals surface area contributed by atoms with Crippen molar-refractivity contribution in [3.8, 4) is 0 Å². The Morgan fingerprint density at radius 2 is 2.25 bits per heavy atom. The van der Waals surface area contributed by atoms with E-state index in [0.29, 0.717) is 11.2 Å². The van der Waals surface area contributed by atoms with E-state index >= 15 is 0 Å². The SMILES string of the molecule is C[C@H](O)Cn1cnc2c1c(=O)[nH]c(=O)n2C. The number of aromatic nitrogens is 4. The van der Waals surface area contributed by atoms with Gasteiger partial charge in [0.2, 0.25) is 0 Å². The molecule has 7 nitrogen and oxygen atoms in total. The van der Waals surface area contributed by atoms with Crippen LogP contribution in [-0.4, -0.2) is 30.3 Å². The average molecular weight is 224 g/mol. The van der Waals surface area contributed by atoms with Crippen molar-refractivity contribution < 1.29 is 5.11 Å². The molecule has 2 aromatic rings. The van der Waals surface area contributed by atoms with Gasteiger partial charge in [-0.1, -0.05) is 0 Å². The number of aromatic amines is 1. The zero-order valence-electron chi connectivity index (χ0n) is 8.97. The van der Waals surface area contributed by atoms with E-state index in [1.165, 1.54) is 22.5 Å². The summed E-state index contributed by atoms with van der Waals surface area (Å²) in [5.41, 5.74) is -0.381. The van der Waals surface area contributed by atoms with Gasteiger partial charge >= 0.3 is 5.69 Å². The van der Waals surface area contributed by atoms with Crippen molar-refractivity contribution in [3.63, 3.8) is 0 Å². The fraction of sp³-hybridized carbons (Fsp3) is 0.444. The first-order valence-electron chi connectivity index (χ1n) is 4.83. The molecule has 0 aliphatic rings. The molecule has 0 amide bonds. The van der Waals surface area contributed by atoms with Crippen LogP contribution in [0.25, 0.3) is 11.2 Å². The summed E-state index contributed by atoms with van der Waals surface area (Å²) in [4.78, 5) is 29.1. The van der Waals surface area contributed by atoms with E-state index in [1.54, 1.807) is 6.92 Å². The predicted molar refractivity (Wildman–Crippen MR) is 57.3 cm³/mol. The van der Waals surface area contributed by atoms with Crippen LogP contribution in [0, 0.1) is 0 Å². The highest BCUT2D eigenvalue weighted by Gasteiger charge is 2.12. The van der Waals surface area contributed by atoms with E-state index in [9.17, 15) is 14.7 Å². The lowest BCUT2D eigenvalue weighted by molar-refractivity contribution is 0.175. The summed E-state index contributed by atoms with van der Waals surface area (Å²) in [6.07, 6.45) is 0.848. The molecule has 16 heavy (non-hydrogen) atoms. The Labute approximate surface area is 90.0 Å². The Morgan fingerprint density at radius 3 is 2.88 bits per heavy atom. The summed E-state index contributed by atoms with van der Waals surface area (Å²) in [5.74, 6) is 0. The van der Waals surface area contributed by atoms with Gasteiger partial charge in [-0.2, -0.15) is 0 Å². The maximum absolute atomic E-state index is 11.6. The van der Waals surface area contributed by atoms with E-state index in [-0.39, 0.29) is 6.54 Å². The van der Waals surface area contributed by atoms with Crippen LogP contribution in [0.15, 0.2) is 15.9 Å². The number of hydrogen-bond acceptors (Lipinski definition) is 4. The smallest absolute Gasteiger partial charge is 0.329 e. The highest BCUT2D eigenvalue weighted by atomic mass is 16.3. The number of hydrogen-bond donors (Lipinski definition) is 2. The van der Waals surface area contributed by atoms with Gasteiger partial charge < -0.3 is 9.67 Å². The summed E-state index contributed by atoms with van der Waals surface area (Å²) in [6, 6.07) is 0. The molecule has 2 aromatic heterocycles. The second-order valence-electron chi connectivity index (χ2n) is 3.74. The number of nitrogens with one attached hydrogen (secondary N) is 1. The molecule has 0 aromatic carbocycles. The van der Waals surface area contributed by atoms with Gasteiger partial charge in [0.25, 0.3) is 5.56 Å². The third-order valence-electron chi connectivity index (χ3n) is 2.34. The predicted octanol–water partition coefficient (Wildman–Crippen LogP) is -1.20. The third kappa shape index (κ3) is 1.54. The second-order valence-corrected chi connectivity index (χ2v) is 3.74. The van der Waals surface area contributed by atoms with Gasteiger partial charge in [0, 0.05) is 7.05 Å². The lowest BCUT2D eigenvalue weighted by Crippen LogP contribution is -2.29. The first-order valence-corrected chi connectivity index (χ1v) is 4.83. The van der Waals surface area contributed by atoms with Crippen LogP contribution in [0.4, 0.5) is 0 Å². The van der Waals surface area contributed by atoms with Crippen molar-refractivity contribution in [2.45, 2.75) is 19.6 Å². The number of aliphatic hydroxyl groups excluding tert-OH is 1. The summed E-state index contributed by atoms with van der Waals surface area (Å²) >= 11 is 0. The molecule has 86 valence electrons. The van der Waals surface area contributed by atoms with Crippen molar-refractivity contribution in [2.24, 2.45) is 7.05 Å². The van der Waals surface area contributed by atoms with Gasteiger partial charge in [0.15, 0.2) is 11.2 Å². The van der Waals surface area contributed by atoms with Gasteiger partial charge in [-0.25, -0.2) is 9.78 Å². The maximum Gasteiger partial charge on any atom is 0.329 e. The highest BCUT2D eigenvalue weighted by molar-refractivity contribution is 5.69. The summed E-state index contributed by atoms with van der Waals surface area (Å²) < 4.78 is 2.79. The number of imidazole rings is 1. The number of aliphatic hydroxyl groups is 1. The van der Waals surface area contributed by atoms with E-state index in [2.05, 4.69) is 9.97 Å². The second kappa shape index (κ2) is 3.60. The van der Waals surface area contributed by atoms with E-state index in [0.717, 1.165) is 0 Å².